The average molecular weight is 379 g/mol. The van der Waals surface area contributed by atoms with Crippen LogP contribution in [0.25, 0.3) is 0 Å². The zero-order valence-electron chi connectivity index (χ0n) is 17.9. The van der Waals surface area contributed by atoms with E-state index in [-0.39, 0.29) is 23.1 Å². The zero-order valence-corrected chi connectivity index (χ0v) is 17.9. The number of amides is 2. The van der Waals surface area contributed by atoms with Crippen LogP contribution in [0.4, 0.5) is 4.79 Å². The summed E-state index contributed by atoms with van der Waals surface area (Å²) in [7, 11) is 0. The van der Waals surface area contributed by atoms with Crippen LogP contribution in [0.5, 0.6) is 0 Å². The first-order chi connectivity index (χ1) is 12.8. The number of urea groups is 1. The minimum atomic E-state index is -0.201. The average Bonchev–Trinajstić information content (AvgIpc) is 2.54. The lowest BCUT2D eigenvalue weighted by atomic mass is 9.53. The molecule has 4 fully saturated rings. The Balaban J connectivity index is 1.23. The lowest BCUT2D eigenvalue weighted by Crippen LogP contribution is -2.61. The minimum absolute atomic E-state index is 0.00598. The van der Waals surface area contributed by atoms with Gasteiger partial charge in [-0.15, -0.1) is 0 Å². The van der Waals surface area contributed by atoms with Crippen molar-refractivity contribution in [2.75, 3.05) is 6.54 Å². The summed E-state index contributed by atoms with van der Waals surface area (Å²) in [5, 5.41) is 16.5. The predicted molar refractivity (Wildman–Crippen MR) is 111 cm³/mol. The van der Waals surface area contributed by atoms with Crippen LogP contribution in [0.1, 0.15) is 97.8 Å². The van der Waals surface area contributed by atoms with Crippen LogP contribution in [-0.2, 0) is 0 Å². The Hall–Kier alpha value is -0.770. The van der Waals surface area contributed by atoms with Gasteiger partial charge in [0.15, 0.2) is 0 Å². The molecule has 0 radical (unpaired) electrons. The van der Waals surface area contributed by atoms with Crippen molar-refractivity contribution >= 4 is 6.03 Å². The molecule has 27 heavy (non-hydrogen) atoms. The number of hydrogen-bond acceptors (Lipinski definition) is 2. The summed E-state index contributed by atoms with van der Waals surface area (Å²) in [5.74, 6) is 2.61. The van der Waals surface area contributed by atoms with E-state index >= 15 is 0 Å². The molecular formula is C23H42N2O2. The second-order valence-electron chi connectivity index (χ2n) is 11.0. The van der Waals surface area contributed by atoms with E-state index < -0.39 is 0 Å². The van der Waals surface area contributed by atoms with E-state index in [1.807, 2.05) is 0 Å². The van der Waals surface area contributed by atoms with E-state index in [4.69, 9.17) is 0 Å². The fourth-order valence-electron chi connectivity index (χ4n) is 6.18. The van der Waals surface area contributed by atoms with E-state index in [0.717, 1.165) is 50.0 Å². The SMILES string of the molecule is CC(C)(C)C(O)CCCCCCCNC(=O)NC12CC3CC(CC(C3)C1)C2. The molecule has 4 saturated carbocycles. The highest BCUT2D eigenvalue weighted by molar-refractivity contribution is 5.74. The molecule has 4 nitrogen and oxygen atoms in total. The summed E-state index contributed by atoms with van der Waals surface area (Å²) in [4.78, 5) is 12.4. The van der Waals surface area contributed by atoms with Gasteiger partial charge in [0.1, 0.15) is 0 Å². The molecule has 4 rings (SSSR count). The van der Waals surface area contributed by atoms with Gasteiger partial charge in [-0.2, -0.15) is 0 Å². The largest absolute Gasteiger partial charge is 0.393 e. The summed E-state index contributed by atoms with van der Waals surface area (Å²) >= 11 is 0. The molecule has 4 aliphatic carbocycles. The van der Waals surface area contributed by atoms with Gasteiger partial charge in [-0.3, -0.25) is 0 Å². The molecular weight excluding hydrogens is 336 g/mol. The van der Waals surface area contributed by atoms with Crippen molar-refractivity contribution in [1.29, 1.82) is 0 Å². The van der Waals surface area contributed by atoms with Crippen LogP contribution in [0, 0.1) is 23.2 Å². The van der Waals surface area contributed by atoms with Crippen molar-refractivity contribution in [3.63, 3.8) is 0 Å². The third kappa shape index (κ3) is 5.85. The van der Waals surface area contributed by atoms with E-state index in [1.165, 1.54) is 51.4 Å². The van der Waals surface area contributed by atoms with E-state index in [1.54, 1.807) is 0 Å². The zero-order chi connectivity index (χ0) is 19.5. The number of hydrogen-bond donors (Lipinski definition) is 3. The molecule has 1 unspecified atom stereocenters. The Bertz CT molecular complexity index is 462. The molecule has 1 atom stereocenters. The first-order valence-electron chi connectivity index (χ1n) is 11.5. The molecule has 4 aliphatic rings. The van der Waals surface area contributed by atoms with Crippen molar-refractivity contribution in [3.8, 4) is 0 Å². The molecule has 0 spiro atoms. The van der Waals surface area contributed by atoms with E-state index in [0.29, 0.717) is 0 Å². The maximum atomic E-state index is 12.4. The molecule has 0 aromatic rings. The fourth-order valence-corrected chi connectivity index (χ4v) is 6.18. The quantitative estimate of drug-likeness (QED) is 0.494. The van der Waals surface area contributed by atoms with Crippen molar-refractivity contribution < 1.29 is 9.90 Å². The summed E-state index contributed by atoms with van der Waals surface area (Å²) in [6.07, 6.45) is 14.2. The van der Waals surface area contributed by atoms with Crippen LogP contribution >= 0.6 is 0 Å². The van der Waals surface area contributed by atoms with Gasteiger partial charge in [0.2, 0.25) is 0 Å². The Morgan fingerprint density at radius 1 is 0.963 bits per heavy atom. The molecule has 3 N–H and O–H groups in total. The van der Waals surface area contributed by atoms with Gasteiger partial charge in [0.25, 0.3) is 0 Å². The Labute approximate surface area is 166 Å². The predicted octanol–water partition coefficient (Wildman–Crippen LogP) is 5.00. The van der Waals surface area contributed by atoms with Gasteiger partial charge in [-0.25, -0.2) is 4.79 Å². The van der Waals surface area contributed by atoms with Crippen molar-refractivity contribution in [1.82, 2.24) is 10.6 Å². The van der Waals surface area contributed by atoms with Gasteiger partial charge in [0.05, 0.1) is 6.10 Å². The number of carbonyl (C=O) groups is 1. The van der Waals surface area contributed by atoms with E-state index in [9.17, 15) is 9.90 Å². The second kappa shape index (κ2) is 8.71. The highest BCUT2D eigenvalue weighted by Gasteiger charge is 2.51. The molecule has 0 aliphatic heterocycles. The van der Waals surface area contributed by atoms with Gasteiger partial charge in [0, 0.05) is 12.1 Å². The molecule has 0 heterocycles. The Morgan fingerprint density at radius 2 is 1.48 bits per heavy atom. The van der Waals surface area contributed by atoms with Gasteiger partial charge in [-0.05, 0) is 74.5 Å². The topological polar surface area (TPSA) is 61.4 Å². The number of unbranched alkanes of at least 4 members (excludes halogenated alkanes) is 4. The standard InChI is InChI=1S/C23H42N2O2/c1-22(2,3)20(26)9-7-5-4-6-8-10-24-21(27)25-23-14-17-11-18(15-23)13-19(12-17)16-23/h17-20,26H,4-16H2,1-3H3,(H2,24,25,27). The van der Waals surface area contributed by atoms with E-state index in [2.05, 4.69) is 31.4 Å². The lowest BCUT2D eigenvalue weighted by molar-refractivity contribution is -0.0135. The van der Waals surface area contributed by atoms with Crippen LogP contribution in [0.15, 0.2) is 0 Å². The highest BCUT2D eigenvalue weighted by Crippen LogP contribution is 2.55. The van der Waals surface area contributed by atoms with Crippen molar-refractivity contribution in [3.05, 3.63) is 0 Å². The van der Waals surface area contributed by atoms with Gasteiger partial charge >= 0.3 is 6.03 Å². The van der Waals surface area contributed by atoms with Gasteiger partial charge in [-0.1, -0.05) is 46.5 Å². The molecule has 2 amide bonds. The monoisotopic (exact) mass is 378 g/mol. The molecule has 156 valence electrons. The fraction of sp³-hybridized carbons (Fsp3) is 0.957. The first kappa shape index (κ1) is 21.0. The van der Waals surface area contributed by atoms with Crippen LogP contribution < -0.4 is 10.6 Å². The summed E-state index contributed by atoms with van der Waals surface area (Å²) in [5.41, 5.74) is 0.112. The normalized spacial score (nSPS) is 33.1. The third-order valence-corrected chi connectivity index (χ3v) is 7.36. The summed E-state index contributed by atoms with van der Waals surface area (Å²) in [6.45, 7) is 7.07. The lowest BCUT2D eigenvalue weighted by Gasteiger charge is -2.56. The van der Waals surface area contributed by atoms with Crippen molar-refractivity contribution in [2.24, 2.45) is 23.2 Å². The van der Waals surface area contributed by atoms with Crippen LogP contribution in [-0.4, -0.2) is 29.3 Å². The summed E-state index contributed by atoms with van der Waals surface area (Å²) in [6, 6.07) is 0.0604. The molecule has 4 heteroatoms. The number of aliphatic hydroxyl groups excluding tert-OH is 1. The molecule has 0 saturated heterocycles. The van der Waals surface area contributed by atoms with Crippen molar-refractivity contribution in [2.45, 2.75) is 109 Å². The number of rotatable bonds is 9. The molecule has 0 aromatic carbocycles. The molecule has 4 bridgehead atoms. The Kier molecular flexibility index (Phi) is 6.76. The molecule has 0 aromatic heterocycles. The maximum absolute atomic E-state index is 12.4. The maximum Gasteiger partial charge on any atom is 0.315 e. The number of carbonyl (C=O) groups excluding carboxylic acids is 1. The third-order valence-electron chi connectivity index (χ3n) is 7.36. The summed E-state index contributed by atoms with van der Waals surface area (Å²) < 4.78 is 0. The van der Waals surface area contributed by atoms with Gasteiger partial charge < -0.3 is 15.7 Å². The smallest absolute Gasteiger partial charge is 0.315 e. The minimum Gasteiger partial charge on any atom is -0.393 e. The Morgan fingerprint density at radius 3 is 2.04 bits per heavy atom. The van der Waals surface area contributed by atoms with Crippen LogP contribution in [0.3, 0.4) is 0 Å². The highest BCUT2D eigenvalue weighted by atomic mass is 16.3. The number of aliphatic hydroxyl groups is 1. The first-order valence-corrected chi connectivity index (χ1v) is 11.5. The second-order valence-corrected chi connectivity index (χ2v) is 11.0. The van der Waals surface area contributed by atoms with Crippen LogP contribution in [0.2, 0.25) is 0 Å². The number of nitrogens with one attached hydrogen (secondary N) is 2.